The van der Waals surface area contributed by atoms with Crippen molar-refractivity contribution in [3.63, 3.8) is 0 Å². The summed E-state index contributed by atoms with van der Waals surface area (Å²) in [4.78, 5) is 195. The van der Waals surface area contributed by atoms with Crippen LogP contribution in [0, 0.1) is 0 Å². The summed E-state index contributed by atoms with van der Waals surface area (Å²) in [5, 5.41) is 0. The molecule has 9 atom stereocenters. The van der Waals surface area contributed by atoms with Crippen LogP contribution in [0.2, 0.25) is 0 Å². The highest BCUT2D eigenvalue weighted by Crippen LogP contribution is 2.31. The van der Waals surface area contributed by atoms with E-state index in [0.29, 0.717) is 114 Å². The summed E-state index contributed by atoms with van der Waals surface area (Å²) in [6.07, 6.45) is -9.87. The van der Waals surface area contributed by atoms with Crippen LogP contribution in [-0.4, -0.2) is 360 Å². The molecular formula is C84H126N12O36S3. The number of hydrogen-bond acceptors (Lipinski definition) is 48. The predicted octanol–water partition coefficient (Wildman–Crippen LogP) is 3.81. The van der Waals surface area contributed by atoms with Gasteiger partial charge in [-0.05, 0) is 125 Å². The van der Waals surface area contributed by atoms with Gasteiger partial charge in [-0.2, -0.15) is 13.1 Å². The third-order valence-electron chi connectivity index (χ3n) is 18.0. The first-order valence-electron chi connectivity index (χ1n) is 42.6. The van der Waals surface area contributed by atoms with Gasteiger partial charge in [0.2, 0.25) is 17.5 Å². The second-order valence-electron chi connectivity index (χ2n) is 33.1. The van der Waals surface area contributed by atoms with Crippen molar-refractivity contribution in [2.75, 3.05) is 173 Å². The van der Waals surface area contributed by atoms with Crippen molar-refractivity contribution >= 4 is 142 Å². The molecule has 0 bridgehead atoms. The lowest BCUT2D eigenvalue weighted by Crippen LogP contribution is -2.52. The molecular weight excluding hydrogens is 1850 g/mol. The first-order chi connectivity index (χ1) is 63.2. The van der Waals surface area contributed by atoms with Crippen molar-refractivity contribution in [1.29, 1.82) is 0 Å². The molecule has 51 heteroatoms. The van der Waals surface area contributed by atoms with Crippen LogP contribution >= 0.6 is 35.2 Å². The molecule has 3 aliphatic rings. The zero-order valence-electron chi connectivity index (χ0n) is 80.1. The molecule has 0 radical (unpaired) electrons. The molecule has 3 aromatic heterocycles. The molecule has 3 aliphatic heterocycles. The smallest absolute Gasteiger partial charge is 0.347 e. The molecule has 3 saturated heterocycles. The number of carbonyl (C=O) groups is 15. The second kappa shape index (κ2) is 57.0. The maximum absolute atomic E-state index is 13.3. The molecule has 3 fully saturated rings. The van der Waals surface area contributed by atoms with E-state index >= 15 is 0 Å². The van der Waals surface area contributed by atoms with Gasteiger partial charge in [-0.25, -0.2) is 43.2 Å². The van der Waals surface area contributed by atoms with Gasteiger partial charge in [-0.3, -0.25) is 28.8 Å². The number of carbonyl (C=O) groups excluding carboxylic acids is 15. The second-order valence-corrected chi connectivity index (χ2v) is 34.6. The number of allylic oxidation sites excluding steroid dienone is 3. The van der Waals surface area contributed by atoms with E-state index in [9.17, 15) is 71.9 Å². The summed E-state index contributed by atoms with van der Waals surface area (Å²) >= 11 is 2.84. The van der Waals surface area contributed by atoms with Gasteiger partial charge in [0, 0.05) is 76.7 Å². The number of anilines is 3. The third-order valence-corrected chi connectivity index (χ3v) is 19.5. The minimum atomic E-state index is -1.21. The van der Waals surface area contributed by atoms with E-state index in [1.807, 2.05) is 14.7 Å². The van der Waals surface area contributed by atoms with E-state index in [2.05, 4.69) is 46.0 Å². The van der Waals surface area contributed by atoms with E-state index in [1.54, 1.807) is 83.1 Å². The summed E-state index contributed by atoms with van der Waals surface area (Å²) in [5.74, 6) is -8.70. The van der Waals surface area contributed by atoms with Crippen molar-refractivity contribution in [3.8, 4) is 17.6 Å². The van der Waals surface area contributed by atoms with Crippen LogP contribution in [0.25, 0.3) is 0 Å². The molecule has 6 unspecified atom stereocenters. The zero-order valence-corrected chi connectivity index (χ0v) is 82.5. The first kappa shape index (κ1) is 115. The molecule has 135 heavy (non-hydrogen) atoms. The average molecular weight is 1980 g/mol. The van der Waals surface area contributed by atoms with Gasteiger partial charge >= 0.3 is 71.6 Å². The first-order valence-corrected chi connectivity index (χ1v) is 44.8. The van der Waals surface area contributed by atoms with Gasteiger partial charge in [-0.15, -0.1) is 13.1 Å². The van der Waals surface area contributed by atoms with E-state index < -0.39 is 201 Å². The molecule has 3 amide bonds. The summed E-state index contributed by atoms with van der Waals surface area (Å²) in [6.45, 7) is 43.8. The lowest BCUT2D eigenvalue weighted by atomic mass is 10.1. The Balaban J connectivity index is 0.000000423. The predicted molar refractivity (Wildman–Crippen MR) is 475 cm³/mol. The van der Waals surface area contributed by atoms with Crippen molar-refractivity contribution in [3.05, 3.63) is 37.0 Å². The molecule has 3 aromatic rings. The Morgan fingerprint density at radius 2 is 0.519 bits per heavy atom. The van der Waals surface area contributed by atoms with Crippen molar-refractivity contribution in [2.24, 2.45) is 0 Å². The average Bonchev–Trinajstić information content (AvgIpc) is 1.84. The minimum Gasteiger partial charge on any atom is -0.484 e. The molecule has 6 rings (SSSR count). The molecule has 0 aromatic carbocycles. The number of morpholine rings is 3. The number of ether oxygens (including phenoxy) is 21. The highest BCUT2D eigenvalue weighted by Gasteiger charge is 2.39. The van der Waals surface area contributed by atoms with Gasteiger partial charge in [0.1, 0.15) is 19.8 Å². The Labute approximate surface area is 794 Å². The van der Waals surface area contributed by atoms with Crippen molar-refractivity contribution < 1.29 is 171 Å². The van der Waals surface area contributed by atoms with Gasteiger partial charge in [-0.1, -0.05) is 19.7 Å². The summed E-state index contributed by atoms with van der Waals surface area (Å²) < 4.78 is 137. The van der Waals surface area contributed by atoms with Crippen LogP contribution in [-0.2, 0) is 157 Å². The molecule has 0 spiro atoms. The van der Waals surface area contributed by atoms with Crippen LogP contribution in [0.4, 0.5) is 17.5 Å². The van der Waals surface area contributed by atoms with Crippen LogP contribution in [0.5, 0.6) is 17.6 Å². The van der Waals surface area contributed by atoms with E-state index in [1.165, 1.54) is 56.2 Å². The zero-order chi connectivity index (χ0) is 101. The lowest BCUT2D eigenvalue weighted by molar-refractivity contribution is -0.171. The van der Waals surface area contributed by atoms with Crippen LogP contribution < -0.4 is 28.9 Å². The molecule has 6 heterocycles. The fraction of sp³-hybridized carbons (Fsp3) is 0.679. The van der Waals surface area contributed by atoms with E-state index in [0.717, 1.165) is 56.0 Å². The Morgan fingerprint density at radius 3 is 0.711 bits per heavy atom. The Hall–Kier alpha value is -12.0. The number of esters is 12. The Morgan fingerprint density at radius 1 is 0.319 bits per heavy atom. The number of amides is 3. The number of nitrogens with zero attached hydrogens (tertiary/aromatic N) is 12. The van der Waals surface area contributed by atoms with Gasteiger partial charge in [0.15, 0.2) is 94.6 Å². The summed E-state index contributed by atoms with van der Waals surface area (Å²) in [5.41, 5.74) is -2.50. The normalized spacial score (nSPS) is 15.1. The molecule has 0 N–H and O–H groups in total. The minimum absolute atomic E-state index is 0.196. The molecule has 0 aliphatic carbocycles. The summed E-state index contributed by atoms with van der Waals surface area (Å²) in [6, 6.07) is 0. The maximum atomic E-state index is 13.3. The molecule has 48 nitrogen and oxygen atoms in total. The Bertz CT molecular complexity index is 4020. The standard InChI is InChI=1S/3C28H42N4O12S/c3*1-17(2)42-18(3)26(36)41-16-23(35)44-21(14-39-25-24(29-45-30-25)31-9-11-38-12-10-31)13-32(28(6,7)8)22(34)15-40-27(37)19(4)43-20(5)33/h3*18-19,21H,1,9-16H2,2-8H3/t3*18?,19?,21-/m000/s1. The third kappa shape index (κ3) is 43.5. The van der Waals surface area contributed by atoms with Crippen LogP contribution in [0.15, 0.2) is 37.0 Å². The van der Waals surface area contributed by atoms with Crippen molar-refractivity contribution in [1.82, 2.24) is 40.9 Å². The molecule has 0 saturated carbocycles. The molecule has 756 valence electrons. The monoisotopic (exact) mass is 1970 g/mol. The van der Waals surface area contributed by atoms with Crippen LogP contribution in [0.3, 0.4) is 0 Å². The SMILES string of the molecule is C=C(C)OC(C)C(=O)OCC(=O)O[C@H](COc1nsnc1N1CCOCC1)CN(C(=O)COC(=O)C(C)OC(C)=O)C(C)(C)C.C=C(C)OC(C)C(=O)OCC(=O)O[C@H](COc1nsnc1N1CCOCC1)CN(C(=O)COC(=O)C(C)OC(C)=O)C(C)(C)C.C=C(C)OC(C)C(=O)OCC(=O)O[C@H](COc1nsnc1N1CCOCC1)CN(C(=O)COC(=O)C(C)OC(C)=O)C(C)(C)C. The number of rotatable bonds is 48. The number of aromatic nitrogens is 6. The highest BCUT2D eigenvalue weighted by atomic mass is 32.1. The topological polar surface area (TPSA) is 547 Å². The lowest BCUT2D eigenvalue weighted by Gasteiger charge is -2.37. The fourth-order valence-electron chi connectivity index (χ4n) is 11.8. The van der Waals surface area contributed by atoms with Gasteiger partial charge in [0.05, 0.1) is 112 Å². The fourth-order valence-corrected chi connectivity index (χ4v) is 13.3. The van der Waals surface area contributed by atoms with Gasteiger partial charge < -0.3 is 129 Å². The highest BCUT2D eigenvalue weighted by molar-refractivity contribution is 7.00. The van der Waals surface area contributed by atoms with Gasteiger partial charge in [0.25, 0.3) is 35.4 Å². The van der Waals surface area contributed by atoms with E-state index in [-0.39, 0.29) is 57.1 Å². The quantitative estimate of drug-likeness (QED) is 0.0440. The van der Waals surface area contributed by atoms with E-state index in [4.69, 9.17) is 99.5 Å². The summed E-state index contributed by atoms with van der Waals surface area (Å²) in [7, 11) is 0. The largest absolute Gasteiger partial charge is 0.484 e. The maximum Gasteiger partial charge on any atom is 0.347 e. The Kier molecular flexibility index (Phi) is 48.7. The number of hydrogen-bond donors (Lipinski definition) is 0. The van der Waals surface area contributed by atoms with Crippen molar-refractivity contribution in [2.45, 2.75) is 217 Å². The van der Waals surface area contributed by atoms with Crippen LogP contribution in [0.1, 0.15) is 145 Å².